The Morgan fingerprint density at radius 3 is 2.12 bits per heavy atom. The van der Waals surface area contributed by atoms with Crippen molar-refractivity contribution in [2.24, 2.45) is 16.7 Å². The smallest absolute Gasteiger partial charge is 0.0107 e. The first kappa shape index (κ1) is 12.4. The quantitative estimate of drug-likeness (QED) is 0.721. The third-order valence-electron chi connectivity index (χ3n) is 5.47. The van der Waals surface area contributed by atoms with Gasteiger partial charge >= 0.3 is 0 Å². The summed E-state index contributed by atoms with van der Waals surface area (Å²) in [5.74, 6) is 0.860. The Hall–Kier alpha value is -0.0800. The van der Waals surface area contributed by atoms with E-state index < -0.39 is 0 Å². The van der Waals surface area contributed by atoms with Gasteiger partial charge in [-0.2, -0.15) is 0 Å². The minimum Gasteiger partial charge on any atom is -0.315 e. The average Bonchev–Trinajstić information content (AvgIpc) is 2.64. The van der Waals surface area contributed by atoms with Crippen LogP contribution in [0.15, 0.2) is 0 Å². The molecule has 1 aliphatic heterocycles. The molecule has 0 bridgehead atoms. The molecule has 1 saturated carbocycles. The van der Waals surface area contributed by atoms with Crippen LogP contribution in [0.25, 0.3) is 0 Å². The summed E-state index contributed by atoms with van der Waals surface area (Å²) in [4.78, 5) is 2.58. The van der Waals surface area contributed by atoms with E-state index in [1.165, 1.54) is 45.6 Å². The first-order chi connectivity index (χ1) is 7.46. The van der Waals surface area contributed by atoms with Crippen molar-refractivity contribution in [1.82, 2.24) is 10.2 Å². The first-order valence-corrected chi connectivity index (χ1v) is 6.89. The van der Waals surface area contributed by atoms with E-state index in [9.17, 15) is 0 Å². The number of hydrogen-bond acceptors (Lipinski definition) is 2. The van der Waals surface area contributed by atoms with Crippen LogP contribution in [-0.4, -0.2) is 37.6 Å². The van der Waals surface area contributed by atoms with E-state index in [0.717, 1.165) is 5.92 Å². The molecular weight excluding hydrogens is 196 g/mol. The molecule has 2 nitrogen and oxygen atoms in total. The second kappa shape index (κ2) is 4.30. The van der Waals surface area contributed by atoms with Gasteiger partial charge in [-0.15, -0.1) is 0 Å². The molecule has 2 aliphatic rings. The molecule has 94 valence electrons. The van der Waals surface area contributed by atoms with Gasteiger partial charge in [-0.3, -0.25) is 0 Å². The van der Waals surface area contributed by atoms with Crippen molar-refractivity contribution in [3.63, 3.8) is 0 Å². The minimum absolute atomic E-state index is 0.535. The Morgan fingerprint density at radius 2 is 1.62 bits per heavy atom. The van der Waals surface area contributed by atoms with Gasteiger partial charge in [0.25, 0.3) is 0 Å². The molecule has 0 aromatic carbocycles. The summed E-state index contributed by atoms with van der Waals surface area (Å²) in [6.07, 6.45) is 2.81. The molecule has 1 saturated heterocycles. The Morgan fingerprint density at radius 1 is 1.06 bits per heavy atom. The van der Waals surface area contributed by atoms with Crippen LogP contribution in [0.4, 0.5) is 0 Å². The molecule has 2 heteroatoms. The maximum Gasteiger partial charge on any atom is 0.0107 e. The fourth-order valence-corrected chi connectivity index (χ4v) is 3.33. The van der Waals surface area contributed by atoms with E-state index in [2.05, 4.69) is 37.9 Å². The Labute approximate surface area is 101 Å². The zero-order valence-electron chi connectivity index (χ0n) is 11.5. The van der Waals surface area contributed by atoms with Crippen LogP contribution < -0.4 is 5.32 Å². The van der Waals surface area contributed by atoms with Gasteiger partial charge in [-0.25, -0.2) is 0 Å². The van der Waals surface area contributed by atoms with E-state index >= 15 is 0 Å². The first-order valence-electron chi connectivity index (χ1n) is 6.89. The number of nitrogens with one attached hydrogen (secondary N) is 1. The van der Waals surface area contributed by atoms with E-state index in [-0.39, 0.29) is 0 Å². The lowest BCUT2D eigenvalue weighted by molar-refractivity contribution is 0.333. The molecule has 1 aliphatic carbocycles. The molecule has 0 aromatic rings. The third kappa shape index (κ3) is 2.14. The van der Waals surface area contributed by atoms with Crippen molar-refractivity contribution < 1.29 is 0 Å². The summed E-state index contributed by atoms with van der Waals surface area (Å²) in [7, 11) is 0. The minimum atomic E-state index is 0.535. The zero-order chi connectivity index (χ0) is 11.8. The predicted octanol–water partition coefficient (Wildman–Crippen LogP) is 2.35. The fraction of sp³-hybridized carbons (Fsp3) is 1.00. The molecule has 0 aromatic heterocycles. The maximum atomic E-state index is 3.64. The number of rotatable bonds is 5. The second-order valence-corrected chi connectivity index (χ2v) is 6.75. The molecule has 0 radical (unpaired) electrons. The molecular formula is C14H28N2. The van der Waals surface area contributed by atoms with Crippen LogP contribution in [0.2, 0.25) is 0 Å². The lowest BCUT2D eigenvalue weighted by atomic mass is 10.0. The summed E-state index contributed by atoms with van der Waals surface area (Å²) in [5.41, 5.74) is 1.07. The normalized spacial score (nSPS) is 28.5. The van der Waals surface area contributed by atoms with Crippen LogP contribution in [0.1, 0.15) is 40.5 Å². The van der Waals surface area contributed by atoms with Gasteiger partial charge in [-0.05, 0) is 49.2 Å². The lowest BCUT2D eigenvalue weighted by Crippen LogP contribution is -2.31. The van der Waals surface area contributed by atoms with Crippen molar-refractivity contribution in [3.05, 3.63) is 0 Å². The SMILES string of the molecule is CC1(C)C(CNCCN2CCCC2)C1(C)C. The molecule has 2 fully saturated rings. The molecule has 0 amide bonds. The van der Waals surface area contributed by atoms with Gasteiger partial charge in [0.2, 0.25) is 0 Å². The number of nitrogens with zero attached hydrogens (tertiary/aromatic N) is 1. The van der Waals surface area contributed by atoms with Crippen LogP contribution in [-0.2, 0) is 0 Å². The highest BCUT2D eigenvalue weighted by molar-refractivity contribution is 5.12. The van der Waals surface area contributed by atoms with Gasteiger partial charge in [0.05, 0.1) is 0 Å². The highest BCUT2D eigenvalue weighted by Crippen LogP contribution is 2.67. The van der Waals surface area contributed by atoms with Crippen molar-refractivity contribution in [2.75, 3.05) is 32.7 Å². The van der Waals surface area contributed by atoms with Crippen molar-refractivity contribution >= 4 is 0 Å². The standard InChI is InChI=1S/C14H28N2/c1-13(2)12(14(13,3)4)11-15-7-10-16-8-5-6-9-16/h12,15H,5-11H2,1-4H3. The van der Waals surface area contributed by atoms with Gasteiger partial charge in [0, 0.05) is 13.1 Å². The second-order valence-electron chi connectivity index (χ2n) is 6.75. The fourth-order valence-electron chi connectivity index (χ4n) is 3.33. The number of hydrogen-bond donors (Lipinski definition) is 1. The largest absolute Gasteiger partial charge is 0.315 e. The van der Waals surface area contributed by atoms with Gasteiger partial charge in [-0.1, -0.05) is 27.7 Å². The summed E-state index contributed by atoms with van der Waals surface area (Å²) >= 11 is 0. The summed E-state index contributed by atoms with van der Waals surface area (Å²) in [6, 6.07) is 0. The Balaban J connectivity index is 1.59. The van der Waals surface area contributed by atoms with E-state index in [4.69, 9.17) is 0 Å². The maximum absolute atomic E-state index is 3.64. The molecule has 0 atom stereocenters. The van der Waals surface area contributed by atoms with Crippen LogP contribution >= 0.6 is 0 Å². The van der Waals surface area contributed by atoms with Crippen LogP contribution in [0.3, 0.4) is 0 Å². The predicted molar refractivity (Wildman–Crippen MR) is 69.6 cm³/mol. The molecule has 0 unspecified atom stereocenters. The highest BCUT2D eigenvalue weighted by atomic mass is 15.1. The van der Waals surface area contributed by atoms with Gasteiger partial charge in [0.1, 0.15) is 0 Å². The summed E-state index contributed by atoms with van der Waals surface area (Å²) < 4.78 is 0. The third-order valence-corrected chi connectivity index (χ3v) is 5.47. The van der Waals surface area contributed by atoms with Crippen LogP contribution in [0, 0.1) is 16.7 Å². The monoisotopic (exact) mass is 224 g/mol. The Bertz CT molecular complexity index is 225. The topological polar surface area (TPSA) is 15.3 Å². The van der Waals surface area contributed by atoms with Crippen molar-refractivity contribution in [2.45, 2.75) is 40.5 Å². The lowest BCUT2D eigenvalue weighted by Gasteiger charge is -2.15. The highest BCUT2D eigenvalue weighted by Gasteiger charge is 2.63. The van der Waals surface area contributed by atoms with Crippen LogP contribution in [0.5, 0.6) is 0 Å². The van der Waals surface area contributed by atoms with E-state index in [1.54, 1.807) is 0 Å². The Kier molecular flexibility index (Phi) is 3.33. The van der Waals surface area contributed by atoms with E-state index in [0.29, 0.717) is 10.8 Å². The summed E-state index contributed by atoms with van der Waals surface area (Å²) in [6.45, 7) is 15.9. The molecule has 2 rings (SSSR count). The van der Waals surface area contributed by atoms with Crippen molar-refractivity contribution in [1.29, 1.82) is 0 Å². The molecule has 1 heterocycles. The summed E-state index contributed by atoms with van der Waals surface area (Å²) in [5, 5.41) is 3.64. The average molecular weight is 224 g/mol. The van der Waals surface area contributed by atoms with E-state index in [1.807, 2.05) is 0 Å². The molecule has 0 spiro atoms. The van der Waals surface area contributed by atoms with Crippen molar-refractivity contribution in [3.8, 4) is 0 Å². The zero-order valence-corrected chi connectivity index (χ0v) is 11.5. The van der Waals surface area contributed by atoms with Gasteiger partial charge in [0.15, 0.2) is 0 Å². The number of likely N-dealkylation sites (tertiary alicyclic amines) is 1. The molecule has 16 heavy (non-hydrogen) atoms. The molecule has 1 N–H and O–H groups in total. The van der Waals surface area contributed by atoms with Gasteiger partial charge < -0.3 is 10.2 Å².